The Kier molecular flexibility index (Phi) is 4.87. The lowest BCUT2D eigenvalue weighted by molar-refractivity contribution is 0.244. The second-order valence-electron chi connectivity index (χ2n) is 5.75. The Morgan fingerprint density at radius 2 is 1.83 bits per heavy atom. The van der Waals surface area contributed by atoms with Crippen molar-refractivity contribution in [2.24, 2.45) is 0 Å². The van der Waals surface area contributed by atoms with Crippen LogP contribution in [-0.2, 0) is 10.0 Å². The molecule has 0 radical (unpaired) electrons. The maximum Gasteiger partial charge on any atom is 0.244 e. The molecule has 5 nitrogen and oxygen atoms in total. The molecule has 6 heteroatoms. The number of ether oxygens (including phenoxy) is 1. The fraction of sp³-hybridized carbons (Fsp3) is 0.412. The van der Waals surface area contributed by atoms with Crippen molar-refractivity contribution in [2.75, 3.05) is 20.2 Å². The number of rotatable bonds is 4. The van der Waals surface area contributed by atoms with E-state index in [1.54, 1.807) is 39.3 Å². The third-order valence-electron chi connectivity index (χ3n) is 4.30. The van der Waals surface area contributed by atoms with Crippen LogP contribution in [0, 0.1) is 13.8 Å². The number of aryl methyl sites for hydroxylation is 2. The van der Waals surface area contributed by atoms with Gasteiger partial charge in [-0.25, -0.2) is 8.42 Å². The van der Waals surface area contributed by atoms with E-state index < -0.39 is 10.0 Å². The van der Waals surface area contributed by atoms with E-state index in [1.807, 2.05) is 11.8 Å². The van der Waals surface area contributed by atoms with Gasteiger partial charge in [0, 0.05) is 18.8 Å². The number of nitrogens with zero attached hydrogens (tertiary/aromatic N) is 2. The molecular weight excluding hydrogens is 312 g/mol. The van der Waals surface area contributed by atoms with Gasteiger partial charge in [0.1, 0.15) is 5.75 Å². The molecule has 1 unspecified atom stereocenters. The molecule has 1 aliphatic heterocycles. The van der Waals surface area contributed by atoms with E-state index in [9.17, 15) is 8.42 Å². The minimum Gasteiger partial charge on any atom is -0.497 e. The van der Waals surface area contributed by atoms with Crippen LogP contribution in [-0.4, -0.2) is 43.9 Å². The van der Waals surface area contributed by atoms with Gasteiger partial charge in [-0.05, 0) is 50.2 Å². The maximum atomic E-state index is 13.2. The van der Waals surface area contributed by atoms with Gasteiger partial charge in [-0.3, -0.25) is 0 Å². The minimum absolute atomic E-state index is 0.312. The number of piperazine rings is 1. The Morgan fingerprint density at radius 1 is 1.26 bits per heavy atom. The van der Waals surface area contributed by atoms with Crippen molar-refractivity contribution >= 4 is 10.0 Å². The summed E-state index contributed by atoms with van der Waals surface area (Å²) in [6, 6.07) is 3.19. The first-order chi connectivity index (χ1) is 10.7. The quantitative estimate of drug-likeness (QED) is 0.848. The van der Waals surface area contributed by atoms with Crippen LogP contribution in [0.2, 0.25) is 0 Å². The van der Waals surface area contributed by atoms with Crippen molar-refractivity contribution < 1.29 is 13.2 Å². The van der Waals surface area contributed by atoms with Crippen molar-refractivity contribution in [3.05, 3.63) is 48.3 Å². The van der Waals surface area contributed by atoms with Crippen molar-refractivity contribution in [2.45, 2.75) is 31.7 Å². The fourth-order valence-electron chi connectivity index (χ4n) is 3.04. The molecule has 1 heterocycles. The molecule has 0 N–H and O–H groups in total. The zero-order chi connectivity index (χ0) is 17.4. The summed E-state index contributed by atoms with van der Waals surface area (Å²) in [5.41, 5.74) is 2.11. The number of hydrogen-bond donors (Lipinski definition) is 0. The summed E-state index contributed by atoms with van der Waals surface area (Å²) in [4.78, 5) is 2.25. The first-order valence-corrected chi connectivity index (χ1v) is 8.93. The zero-order valence-corrected chi connectivity index (χ0v) is 15.0. The highest BCUT2D eigenvalue weighted by atomic mass is 32.2. The monoisotopic (exact) mass is 336 g/mol. The number of sulfonamides is 1. The highest BCUT2D eigenvalue weighted by Crippen LogP contribution is 2.32. The summed E-state index contributed by atoms with van der Waals surface area (Å²) in [5.74, 6) is 0.660. The lowest BCUT2D eigenvalue weighted by atomic mass is 10.1. The van der Waals surface area contributed by atoms with E-state index >= 15 is 0 Å². The second kappa shape index (κ2) is 6.37. The average Bonchev–Trinajstić information content (AvgIpc) is 2.48. The van der Waals surface area contributed by atoms with Crippen LogP contribution in [0.3, 0.4) is 0 Å². The molecule has 1 fully saturated rings. The molecule has 1 atom stereocenters. The Balaban J connectivity index is 2.47. The summed E-state index contributed by atoms with van der Waals surface area (Å²) in [6.45, 7) is 14.1. The molecule has 126 valence electrons. The van der Waals surface area contributed by atoms with E-state index in [4.69, 9.17) is 4.74 Å². The standard InChI is InChI=1S/C17H24N2O3S/c1-7-18-8-9-19(15(5)14(18)4)23(20,21)17-12(2)10-16(22-6)11-13(17)3/h7,10-11,15H,1,4,8-9H2,2-3,5-6H3. The van der Waals surface area contributed by atoms with Crippen LogP contribution in [0.5, 0.6) is 5.75 Å². The van der Waals surface area contributed by atoms with Gasteiger partial charge in [0.25, 0.3) is 0 Å². The van der Waals surface area contributed by atoms with Crippen molar-refractivity contribution in [1.29, 1.82) is 0 Å². The smallest absolute Gasteiger partial charge is 0.244 e. The van der Waals surface area contributed by atoms with E-state index in [1.165, 1.54) is 4.31 Å². The predicted octanol–water partition coefficient (Wildman–Crippen LogP) is 2.66. The Hall–Kier alpha value is -1.79. The number of benzene rings is 1. The molecule has 0 aliphatic carbocycles. The summed E-state index contributed by atoms with van der Waals surface area (Å²) in [7, 11) is -2.03. The van der Waals surface area contributed by atoms with Crippen LogP contribution in [0.15, 0.2) is 42.1 Å². The van der Waals surface area contributed by atoms with Gasteiger partial charge < -0.3 is 9.64 Å². The van der Waals surface area contributed by atoms with Crippen molar-refractivity contribution in [3.63, 3.8) is 0 Å². The molecule has 1 aliphatic rings. The largest absolute Gasteiger partial charge is 0.497 e. The third kappa shape index (κ3) is 3.01. The molecule has 23 heavy (non-hydrogen) atoms. The Bertz CT molecular complexity index is 717. The molecular formula is C17H24N2O3S. The van der Waals surface area contributed by atoms with E-state index in [0.717, 1.165) is 5.70 Å². The Morgan fingerprint density at radius 3 is 2.30 bits per heavy atom. The minimum atomic E-state index is -3.61. The summed E-state index contributed by atoms with van der Waals surface area (Å²) in [6.07, 6.45) is 1.69. The van der Waals surface area contributed by atoms with Gasteiger partial charge >= 0.3 is 0 Å². The number of hydrogen-bond acceptors (Lipinski definition) is 4. The van der Waals surface area contributed by atoms with Gasteiger partial charge in [0.2, 0.25) is 10.0 Å². The molecule has 1 saturated heterocycles. The highest BCUT2D eigenvalue weighted by Gasteiger charge is 2.36. The van der Waals surface area contributed by atoms with E-state index in [-0.39, 0.29) is 6.04 Å². The molecule has 1 aromatic carbocycles. The zero-order valence-electron chi connectivity index (χ0n) is 14.2. The number of methoxy groups -OCH3 is 1. The highest BCUT2D eigenvalue weighted by molar-refractivity contribution is 7.89. The second-order valence-corrected chi connectivity index (χ2v) is 7.58. The fourth-order valence-corrected chi connectivity index (χ4v) is 5.07. The molecule has 0 amide bonds. The first kappa shape index (κ1) is 17.6. The van der Waals surface area contributed by atoms with Crippen LogP contribution in [0.25, 0.3) is 0 Å². The van der Waals surface area contributed by atoms with Crippen molar-refractivity contribution in [3.8, 4) is 5.75 Å². The maximum absolute atomic E-state index is 13.2. The molecule has 0 aromatic heterocycles. The van der Waals surface area contributed by atoms with E-state index in [0.29, 0.717) is 34.9 Å². The van der Waals surface area contributed by atoms with Gasteiger partial charge in [0.15, 0.2) is 0 Å². The third-order valence-corrected chi connectivity index (χ3v) is 6.58. The van der Waals surface area contributed by atoms with Gasteiger partial charge in [-0.1, -0.05) is 13.2 Å². The van der Waals surface area contributed by atoms with Crippen LogP contribution in [0.4, 0.5) is 0 Å². The molecule has 0 saturated carbocycles. The van der Waals surface area contributed by atoms with Gasteiger partial charge in [-0.15, -0.1) is 0 Å². The Labute approximate surface area is 138 Å². The summed E-state index contributed by atoms with van der Waals surface area (Å²) >= 11 is 0. The molecule has 1 aromatic rings. The average molecular weight is 336 g/mol. The van der Waals surface area contributed by atoms with Crippen molar-refractivity contribution in [1.82, 2.24) is 9.21 Å². The topological polar surface area (TPSA) is 49.9 Å². The molecule has 0 spiro atoms. The summed E-state index contributed by atoms with van der Waals surface area (Å²) < 4.78 is 33.1. The van der Waals surface area contributed by atoms with Crippen LogP contribution in [0.1, 0.15) is 18.1 Å². The lowest BCUT2D eigenvalue weighted by Crippen LogP contribution is -2.50. The molecule has 2 rings (SSSR count). The van der Waals surface area contributed by atoms with Gasteiger partial charge in [-0.2, -0.15) is 4.31 Å². The lowest BCUT2D eigenvalue weighted by Gasteiger charge is -2.40. The van der Waals surface area contributed by atoms with Crippen LogP contribution >= 0.6 is 0 Å². The van der Waals surface area contributed by atoms with E-state index in [2.05, 4.69) is 13.2 Å². The predicted molar refractivity (Wildman–Crippen MR) is 91.9 cm³/mol. The SMILES string of the molecule is C=CN1CCN(S(=O)(=O)c2c(C)cc(OC)cc2C)C(C)C1=C. The van der Waals surface area contributed by atoms with Gasteiger partial charge in [0.05, 0.1) is 18.0 Å². The van der Waals surface area contributed by atoms with Crippen LogP contribution < -0.4 is 4.74 Å². The molecule has 0 bridgehead atoms. The first-order valence-electron chi connectivity index (χ1n) is 7.49. The normalized spacial score (nSPS) is 19.7. The summed E-state index contributed by atoms with van der Waals surface area (Å²) in [5, 5.41) is 0.